The fraction of sp³-hybridized carbons (Fsp3) is 0.846. The molecule has 80 valence electrons. The van der Waals surface area contributed by atoms with Gasteiger partial charge in [-0.25, -0.2) is 0 Å². The number of rotatable bonds is 5. The van der Waals surface area contributed by atoms with Crippen LogP contribution in [0.5, 0.6) is 0 Å². The Bertz CT molecular complexity index is 187. The summed E-state index contributed by atoms with van der Waals surface area (Å²) in [6, 6.07) is 0.489. The molecule has 1 nitrogen and oxygen atoms in total. The molecule has 0 spiro atoms. The molecular weight excluding hydrogens is 170 g/mol. The van der Waals surface area contributed by atoms with E-state index < -0.39 is 0 Å². The third-order valence-corrected chi connectivity index (χ3v) is 4.16. The summed E-state index contributed by atoms with van der Waals surface area (Å²) in [4.78, 5) is 0. The van der Waals surface area contributed by atoms with Crippen molar-refractivity contribution in [3.63, 3.8) is 0 Å². The third kappa shape index (κ3) is 2.03. The first-order valence-electron chi connectivity index (χ1n) is 6.21. The molecule has 0 aromatic heterocycles. The molecule has 2 fully saturated rings. The van der Waals surface area contributed by atoms with E-state index in [4.69, 9.17) is 5.73 Å². The molecule has 2 aliphatic rings. The van der Waals surface area contributed by atoms with Crippen LogP contribution in [0.25, 0.3) is 0 Å². The maximum Gasteiger partial charge on any atom is 0.00727 e. The van der Waals surface area contributed by atoms with E-state index in [1.165, 1.54) is 38.5 Å². The lowest BCUT2D eigenvalue weighted by Crippen LogP contribution is -2.23. The highest BCUT2D eigenvalue weighted by Gasteiger charge is 2.52. The molecule has 0 aromatic rings. The minimum atomic E-state index is 0.489. The van der Waals surface area contributed by atoms with E-state index in [-0.39, 0.29) is 0 Å². The lowest BCUT2D eigenvalue weighted by atomic mass is 10.0. The summed E-state index contributed by atoms with van der Waals surface area (Å²) in [5.74, 6) is 2.92. The highest BCUT2D eigenvalue weighted by atomic mass is 14.7. The Morgan fingerprint density at radius 3 is 2.50 bits per heavy atom. The number of nitrogens with two attached hydrogens (primary N) is 1. The molecule has 3 unspecified atom stereocenters. The fourth-order valence-corrected chi connectivity index (χ4v) is 3.37. The molecular formula is C13H23N. The van der Waals surface area contributed by atoms with Crippen LogP contribution in [0.2, 0.25) is 0 Å². The molecule has 1 heteroatoms. The van der Waals surface area contributed by atoms with Crippen LogP contribution in [0.3, 0.4) is 0 Å². The van der Waals surface area contributed by atoms with E-state index in [1.54, 1.807) is 0 Å². The standard InChI is InChI=1S/C13H23N/c1-2-3-4-9-12(14)13-10-7-5-6-8-11(10)13/h2,10-13H,1,3-9,14H2. The van der Waals surface area contributed by atoms with Crippen molar-refractivity contribution in [2.75, 3.05) is 0 Å². The van der Waals surface area contributed by atoms with Crippen LogP contribution >= 0.6 is 0 Å². The van der Waals surface area contributed by atoms with Gasteiger partial charge in [0.05, 0.1) is 0 Å². The third-order valence-electron chi connectivity index (χ3n) is 4.16. The van der Waals surface area contributed by atoms with E-state index in [1.807, 2.05) is 6.08 Å². The van der Waals surface area contributed by atoms with Gasteiger partial charge < -0.3 is 5.73 Å². The van der Waals surface area contributed by atoms with Gasteiger partial charge in [0.2, 0.25) is 0 Å². The molecule has 3 atom stereocenters. The molecule has 0 saturated heterocycles. The number of hydrogen-bond acceptors (Lipinski definition) is 1. The van der Waals surface area contributed by atoms with Crippen LogP contribution in [-0.4, -0.2) is 6.04 Å². The van der Waals surface area contributed by atoms with Crippen LogP contribution in [0.1, 0.15) is 44.9 Å². The Morgan fingerprint density at radius 2 is 1.93 bits per heavy atom. The van der Waals surface area contributed by atoms with Gasteiger partial charge in [0, 0.05) is 6.04 Å². The van der Waals surface area contributed by atoms with Crippen LogP contribution in [-0.2, 0) is 0 Å². The smallest absolute Gasteiger partial charge is 0.00727 e. The van der Waals surface area contributed by atoms with E-state index >= 15 is 0 Å². The first-order valence-corrected chi connectivity index (χ1v) is 6.21. The van der Waals surface area contributed by atoms with Gasteiger partial charge in [-0.15, -0.1) is 6.58 Å². The number of unbranched alkanes of at least 4 members (excludes halogenated alkanes) is 1. The summed E-state index contributed by atoms with van der Waals surface area (Å²) in [7, 11) is 0. The predicted molar refractivity (Wildman–Crippen MR) is 61.0 cm³/mol. The largest absolute Gasteiger partial charge is 0.327 e. The first kappa shape index (κ1) is 10.2. The molecule has 2 saturated carbocycles. The number of fused-ring (bicyclic) bond motifs is 1. The van der Waals surface area contributed by atoms with Crippen molar-refractivity contribution < 1.29 is 0 Å². The average molecular weight is 193 g/mol. The number of allylic oxidation sites excluding steroid dienone is 1. The maximum atomic E-state index is 6.25. The Morgan fingerprint density at radius 1 is 1.29 bits per heavy atom. The predicted octanol–water partition coefficient (Wildman–Crippen LogP) is 3.11. The molecule has 2 N–H and O–H groups in total. The van der Waals surface area contributed by atoms with Gasteiger partial charge in [-0.05, 0) is 49.9 Å². The Kier molecular flexibility index (Phi) is 3.27. The van der Waals surface area contributed by atoms with Crippen molar-refractivity contribution in [2.45, 2.75) is 51.0 Å². The highest BCUT2D eigenvalue weighted by molar-refractivity contribution is 5.03. The molecule has 0 radical (unpaired) electrons. The van der Waals surface area contributed by atoms with Gasteiger partial charge in [-0.3, -0.25) is 0 Å². The van der Waals surface area contributed by atoms with Crippen molar-refractivity contribution >= 4 is 0 Å². The lowest BCUT2D eigenvalue weighted by Gasteiger charge is -2.10. The normalized spacial score (nSPS) is 37.4. The van der Waals surface area contributed by atoms with Gasteiger partial charge in [-0.2, -0.15) is 0 Å². The molecule has 2 aliphatic carbocycles. The minimum absolute atomic E-state index is 0.489. The lowest BCUT2D eigenvalue weighted by molar-refractivity contribution is 0.480. The Hall–Kier alpha value is -0.300. The van der Waals surface area contributed by atoms with Crippen LogP contribution in [0.4, 0.5) is 0 Å². The number of hydrogen-bond donors (Lipinski definition) is 1. The van der Waals surface area contributed by atoms with Crippen molar-refractivity contribution in [3.8, 4) is 0 Å². The fourth-order valence-electron chi connectivity index (χ4n) is 3.37. The average Bonchev–Trinajstić information content (AvgIpc) is 2.92. The molecule has 2 rings (SSSR count). The second-order valence-corrected chi connectivity index (χ2v) is 5.07. The van der Waals surface area contributed by atoms with E-state index in [2.05, 4.69) is 6.58 Å². The van der Waals surface area contributed by atoms with E-state index in [0.717, 1.165) is 24.2 Å². The summed E-state index contributed by atoms with van der Waals surface area (Å²) in [5, 5.41) is 0. The van der Waals surface area contributed by atoms with Crippen molar-refractivity contribution in [2.24, 2.45) is 23.5 Å². The minimum Gasteiger partial charge on any atom is -0.327 e. The highest BCUT2D eigenvalue weighted by Crippen LogP contribution is 2.57. The quantitative estimate of drug-likeness (QED) is 0.527. The zero-order chi connectivity index (χ0) is 9.97. The van der Waals surface area contributed by atoms with Crippen molar-refractivity contribution in [3.05, 3.63) is 12.7 Å². The van der Waals surface area contributed by atoms with Crippen LogP contribution in [0, 0.1) is 17.8 Å². The summed E-state index contributed by atoms with van der Waals surface area (Å²) in [6.07, 6.45) is 11.4. The zero-order valence-electron chi connectivity index (χ0n) is 9.12. The zero-order valence-corrected chi connectivity index (χ0v) is 9.12. The molecule has 0 bridgehead atoms. The van der Waals surface area contributed by atoms with Gasteiger partial charge >= 0.3 is 0 Å². The van der Waals surface area contributed by atoms with Crippen molar-refractivity contribution in [1.29, 1.82) is 0 Å². The molecule has 0 heterocycles. The summed E-state index contributed by atoms with van der Waals surface area (Å²) in [5.41, 5.74) is 6.25. The van der Waals surface area contributed by atoms with E-state index in [0.29, 0.717) is 6.04 Å². The summed E-state index contributed by atoms with van der Waals surface area (Å²) >= 11 is 0. The van der Waals surface area contributed by atoms with Gasteiger partial charge in [-0.1, -0.05) is 18.9 Å². The molecule has 0 aliphatic heterocycles. The van der Waals surface area contributed by atoms with Gasteiger partial charge in [0.25, 0.3) is 0 Å². The second-order valence-electron chi connectivity index (χ2n) is 5.07. The summed E-state index contributed by atoms with van der Waals surface area (Å²) in [6.45, 7) is 3.75. The maximum absolute atomic E-state index is 6.25. The second kappa shape index (κ2) is 4.48. The van der Waals surface area contributed by atoms with Gasteiger partial charge in [0.1, 0.15) is 0 Å². The molecule has 0 aromatic carbocycles. The summed E-state index contributed by atoms with van der Waals surface area (Å²) < 4.78 is 0. The molecule has 14 heavy (non-hydrogen) atoms. The first-order chi connectivity index (χ1) is 6.84. The van der Waals surface area contributed by atoms with Gasteiger partial charge in [0.15, 0.2) is 0 Å². The Balaban J connectivity index is 1.71. The van der Waals surface area contributed by atoms with Crippen molar-refractivity contribution in [1.82, 2.24) is 0 Å². The monoisotopic (exact) mass is 193 g/mol. The SMILES string of the molecule is C=CCCCC(N)C1C2CCCCC21. The molecule has 0 amide bonds. The Labute approximate surface area is 87.8 Å². The van der Waals surface area contributed by atoms with E-state index in [9.17, 15) is 0 Å². The topological polar surface area (TPSA) is 26.0 Å². The van der Waals surface area contributed by atoms with Crippen LogP contribution < -0.4 is 5.73 Å². The van der Waals surface area contributed by atoms with Crippen LogP contribution in [0.15, 0.2) is 12.7 Å².